The van der Waals surface area contributed by atoms with Crippen molar-refractivity contribution in [3.8, 4) is 0 Å². The highest BCUT2D eigenvalue weighted by atomic mass is 16.5. The minimum atomic E-state index is 0.751. The van der Waals surface area contributed by atoms with Crippen molar-refractivity contribution >= 4 is 0 Å². The van der Waals surface area contributed by atoms with Gasteiger partial charge in [-0.05, 0) is 40.7 Å². The Hall–Kier alpha value is -0.860. The first-order valence-corrected chi connectivity index (χ1v) is 5.17. The van der Waals surface area contributed by atoms with Crippen LogP contribution in [0.2, 0.25) is 0 Å². The molecule has 0 atom stereocenters. The van der Waals surface area contributed by atoms with E-state index in [4.69, 9.17) is 9.47 Å². The van der Waals surface area contributed by atoms with Crippen molar-refractivity contribution in [2.45, 2.75) is 12.8 Å². The third kappa shape index (κ3) is 1.04. The van der Waals surface area contributed by atoms with Crippen LogP contribution in [0.4, 0.5) is 0 Å². The Morgan fingerprint density at radius 2 is 1.43 bits per heavy atom. The lowest BCUT2D eigenvalue weighted by Crippen LogP contribution is -2.12. The molecule has 1 aliphatic carbocycles. The minimum Gasteiger partial charge on any atom is -0.376 e. The highest BCUT2D eigenvalue weighted by Gasteiger charge is 2.30. The molecule has 0 fully saturated rings. The van der Waals surface area contributed by atoms with Crippen LogP contribution >= 0.6 is 0 Å². The first kappa shape index (κ1) is 8.45. The SMILES string of the molecule is C=C1C2=C(CCOC2)C2=C1CCOC2. The van der Waals surface area contributed by atoms with E-state index in [0.29, 0.717) is 0 Å². The van der Waals surface area contributed by atoms with Gasteiger partial charge in [0.2, 0.25) is 0 Å². The van der Waals surface area contributed by atoms with Crippen LogP contribution in [0.5, 0.6) is 0 Å². The zero-order chi connectivity index (χ0) is 9.54. The van der Waals surface area contributed by atoms with Gasteiger partial charge in [-0.1, -0.05) is 6.58 Å². The largest absolute Gasteiger partial charge is 0.376 e. The van der Waals surface area contributed by atoms with Gasteiger partial charge < -0.3 is 9.47 Å². The molecular weight excluding hydrogens is 176 g/mol. The predicted molar refractivity (Wildman–Crippen MR) is 54.1 cm³/mol. The van der Waals surface area contributed by atoms with Gasteiger partial charge in [-0.25, -0.2) is 0 Å². The number of hydrogen-bond acceptors (Lipinski definition) is 2. The standard InChI is InChI=1S/C12H14O2/c1-8-9-2-4-14-7-12(9)10-3-5-13-6-11(8)10/h1-7H2. The van der Waals surface area contributed by atoms with Crippen molar-refractivity contribution in [1.82, 2.24) is 0 Å². The smallest absolute Gasteiger partial charge is 0.0725 e. The Labute approximate surface area is 83.9 Å². The van der Waals surface area contributed by atoms with Gasteiger partial charge >= 0.3 is 0 Å². The van der Waals surface area contributed by atoms with Crippen LogP contribution in [0.1, 0.15) is 12.8 Å². The number of ether oxygens (including phenoxy) is 2. The second kappa shape index (κ2) is 3.07. The lowest BCUT2D eigenvalue weighted by Gasteiger charge is -2.18. The fourth-order valence-corrected chi connectivity index (χ4v) is 2.56. The predicted octanol–water partition coefficient (Wildman–Crippen LogP) is 1.99. The molecule has 0 saturated carbocycles. The van der Waals surface area contributed by atoms with Crippen LogP contribution in [0.15, 0.2) is 34.4 Å². The van der Waals surface area contributed by atoms with E-state index < -0.39 is 0 Å². The molecule has 74 valence electrons. The zero-order valence-electron chi connectivity index (χ0n) is 8.27. The second-order valence-corrected chi connectivity index (χ2v) is 4.00. The molecule has 2 heterocycles. The second-order valence-electron chi connectivity index (χ2n) is 4.00. The van der Waals surface area contributed by atoms with E-state index in [1.807, 2.05) is 0 Å². The average Bonchev–Trinajstić information content (AvgIpc) is 2.55. The van der Waals surface area contributed by atoms with Crippen LogP contribution in [0.25, 0.3) is 0 Å². The van der Waals surface area contributed by atoms with Gasteiger partial charge in [0.15, 0.2) is 0 Å². The Morgan fingerprint density at radius 1 is 0.786 bits per heavy atom. The third-order valence-corrected chi connectivity index (χ3v) is 3.31. The monoisotopic (exact) mass is 190 g/mol. The van der Waals surface area contributed by atoms with Crippen molar-refractivity contribution in [3.05, 3.63) is 34.4 Å². The molecule has 0 unspecified atom stereocenters. The highest BCUT2D eigenvalue weighted by Crippen LogP contribution is 2.42. The third-order valence-electron chi connectivity index (χ3n) is 3.31. The molecule has 0 amide bonds. The fraction of sp³-hybridized carbons (Fsp3) is 0.500. The molecule has 14 heavy (non-hydrogen) atoms. The maximum absolute atomic E-state index is 5.51. The molecule has 3 rings (SSSR count). The van der Waals surface area contributed by atoms with E-state index >= 15 is 0 Å². The van der Waals surface area contributed by atoms with Crippen molar-refractivity contribution in [2.24, 2.45) is 0 Å². The van der Waals surface area contributed by atoms with Gasteiger partial charge in [-0.3, -0.25) is 0 Å². The summed E-state index contributed by atoms with van der Waals surface area (Å²) in [6.07, 6.45) is 2.07. The molecule has 0 radical (unpaired) electrons. The van der Waals surface area contributed by atoms with Gasteiger partial charge in [0.25, 0.3) is 0 Å². The summed E-state index contributed by atoms with van der Waals surface area (Å²) in [4.78, 5) is 0. The molecule has 2 nitrogen and oxygen atoms in total. The molecule has 0 N–H and O–H groups in total. The lowest BCUT2D eigenvalue weighted by atomic mass is 10.00. The van der Waals surface area contributed by atoms with E-state index in [1.54, 1.807) is 0 Å². The summed E-state index contributed by atoms with van der Waals surface area (Å²) in [5.74, 6) is 0. The summed E-state index contributed by atoms with van der Waals surface area (Å²) in [6, 6.07) is 0. The van der Waals surface area contributed by atoms with Crippen molar-refractivity contribution < 1.29 is 9.47 Å². The van der Waals surface area contributed by atoms with E-state index in [-0.39, 0.29) is 0 Å². The van der Waals surface area contributed by atoms with E-state index in [9.17, 15) is 0 Å². The van der Waals surface area contributed by atoms with E-state index in [2.05, 4.69) is 6.58 Å². The van der Waals surface area contributed by atoms with Crippen LogP contribution in [-0.2, 0) is 9.47 Å². The summed E-state index contributed by atoms with van der Waals surface area (Å²) >= 11 is 0. The summed E-state index contributed by atoms with van der Waals surface area (Å²) in [5, 5.41) is 0. The first-order valence-electron chi connectivity index (χ1n) is 5.17. The van der Waals surface area contributed by atoms with Crippen LogP contribution in [0.3, 0.4) is 0 Å². The molecule has 2 heteroatoms. The highest BCUT2D eigenvalue weighted by molar-refractivity contribution is 5.64. The summed E-state index contributed by atoms with van der Waals surface area (Å²) in [5.41, 5.74) is 6.88. The zero-order valence-corrected chi connectivity index (χ0v) is 8.27. The first-order chi connectivity index (χ1) is 6.88. The maximum atomic E-state index is 5.51. The number of hydrogen-bond donors (Lipinski definition) is 0. The Kier molecular flexibility index (Phi) is 1.85. The fourth-order valence-electron chi connectivity index (χ4n) is 2.56. The van der Waals surface area contributed by atoms with Gasteiger partial charge in [0.1, 0.15) is 0 Å². The lowest BCUT2D eigenvalue weighted by molar-refractivity contribution is 0.141. The normalized spacial score (nSPS) is 26.7. The average molecular weight is 190 g/mol. The van der Waals surface area contributed by atoms with Crippen molar-refractivity contribution in [3.63, 3.8) is 0 Å². The minimum absolute atomic E-state index is 0.751. The Morgan fingerprint density at radius 3 is 2.21 bits per heavy atom. The summed E-state index contributed by atoms with van der Waals surface area (Å²) in [7, 11) is 0. The molecule has 2 aliphatic heterocycles. The van der Waals surface area contributed by atoms with Crippen LogP contribution in [-0.4, -0.2) is 26.4 Å². The summed E-state index contributed by atoms with van der Waals surface area (Å²) < 4.78 is 11.0. The molecule has 0 spiro atoms. The molecule has 0 saturated heterocycles. The van der Waals surface area contributed by atoms with Gasteiger partial charge in [-0.2, -0.15) is 0 Å². The van der Waals surface area contributed by atoms with Gasteiger partial charge in [-0.15, -0.1) is 0 Å². The van der Waals surface area contributed by atoms with E-state index in [1.165, 1.54) is 27.9 Å². The molecule has 0 aromatic heterocycles. The van der Waals surface area contributed by atoms with Crippen molar-refractivity contribution in [1.29, 1.82) is 0 Å². The molecular formula is C12H14O2. The molecule has 0 aromatic rings. The van der Waals surface area contributed by atoms with Crippen LogP contribution < -0.4 is 0 Å². The van der Waals surface area contributed by atoms with Crippen molar-refractivity contribution in [2.75, 3.05) is 26.4 Å². The Balaban J connectivity index is 2.06. The van der Waals surface area contributed by atoms with Crippen LogP contribution in [0, 0.1) is 0 Å². The van der Waals surface area contributed by atoms with Gasteiger partial charge in [0.05, 0.1) is 26.4 Å². The summed E-state index contributed by atoms with van der Waals surface area (Å²) in [6.45, 7) is 7.40. The number of fused-ring (bicyclic) bond motifs is 1. The topological polar surface area (TPSA) is 18.5 Å². The Bertz CT molecular complexity index is 327. The maximum Gasteiger partial charge on any atom is 0.0725 e. The quantitative estimate of drug-likeness (QED) is 0.581. The van der Waals surface area contributed by atoms with Gasteiger partial charge in [0, 0.05) is 0 Å². The molecule has 3 aliphatic rings. The van der Waals surface area contributed by atoms with E-state index in [0.717, 1.165) is 39.3 Å². The molecule has 0 aromatic carbocycles. The number of rotatable bonds is 0. The molecule has 0 bridgehead atoms.